The summed E-state index contributed by atoms with van der Waals surface area (Å²) >= 11 is 0. The van der Waals surface area contributed by atoms with E-state index in [1.807, 2.05) is 33.8 Å². The maximum Gasteiger partial charge on any atom is 0.274 e. The third-order valence-electron chi connectivity index (χ3n) is 7.07. The number of nitrogens with zero attached hydrogens (tertiary/aromatic N) is 5. The van der Waals surface area contributed by atoms with Crippen LogP contribution in [0.2, 0.25) is 0 Å². The third kappa shape index (κ3) is 5.24. The highest BCUT2D eigenvalue weighted by molar-refractivity contribution is 5.94. The Hall–Kier alpha value is -3.36. The monoisotopic (exact) mass is 489 g/mol. The molecule has 3 heterocycles. The molecule has 0 atom stereocenters. The first-order chi connectivity index (χ1) is 17.7. The van der Waals surface area contributed by atoms with Crippen molar-refractivity contribution < 1.29 is 14.6 Å². The van der Waals surface area contributed by atoms with E-state index in [1.54, 1.807) is 0 Å². The second kappa shape index (κ2) is 11.1. The molecule has 1 fully saturated rings. The Morgan fingerprint density at radius 3 is 2.58 bits per heavy atom. The SMILES string of the molecule is CCn1nc(C(=O)N2CCN(c3ccccc3)CC2)c2c1CCN(Cc1cccc(OCCO)c1)C2. The van der Waals surface area contributed by atoms with Crippen molar-refractivity contribution >= 4 is 11.6 Å². The Bertz CT molecular complexity index is 1170. The summed E-state index contributed by atoms with van der Waals surface area (Å²) in [5.74, 6) is 0.816. The van der Waals surface area contributed by atoms with Gasteiger partial charge in [0.1, 0.15) is 12.4 Å². The molecule has 36 heavy (non-hydrogen) atoms. The van der Waals surface area contributed by atoms with E-state index in [0.717, 1.165) is 56.0 Å². The fourth-order valence-electron chi connectivity index (χ4n) is 5.23. The van der Waals surface area contributed by atoms with E-state index in [1.165, 1.54) is 11.4 Å². The van der Waals surface area contributed by atoms with Crippen LogP contribution in [0, 0.1) is 0 Å². The van der Waals surface area contributed by atoms with Crippen LogP contribution in [0.5, 0.6) is 5.75 Å². The van der Waals surface area contributed by atoms with E-state index in [-0.39, 0.29) is 19.1 Å². The summed E-state index contributed by atoms with van der Waals surface area (Å²) in [6.45, 7) is 8.60. The van der Waals surface area contributed by atoms with Gasteiger partial charge in [-0.05, 0) is 36.8 Å². The lowest BCUT2D eigenvalue weighted by Gasteiger charge is -2.36. The lowest BCUT2D eigenvalue weighted by Crippen LogP contribution is -2.49. The zero-order valence-corrected chi connectivity index (χ0v) is 21.0. The number of amides is 1. The van der Waals surface area contributed by atoms with E-state index < -0.39 is 0 Å². The van der Waals surface area contributed by atoms with Gasteiger partial charge in [0.2, 0.25) is 0 Å². The van der Waals surface area contributed by atoms with Gasteiger partial charge in [-0.1, -0.05) is 30.3 Å². The average molecular weight is 490 g/mol. The average Bonchev–Trinajstić information content (AvgIpc) is 3.30. The molecule has 1 aromatic heterocycles. The number of hydrogen-bond donors (Lipinski definition) is 1. The molecular weight excluding hydrogens is 454 g/mol. The number of rotatable bonds is 8. The molecule has 0 radical (unpaired) electrons. The molecule has 2 aliphatic rings. The summed E-state index contributed by atoms with van der Waals surface area (Å²) in [5.41, 5.74) is 5.25. The number of carbonyl (C=O) groups is 1. The number of piperazine rings is 1. The molecular formula is C28H35N5O3. The van der Waals surface area contributed by atoms with Crippen LogP contribution in [0.1, 0.15) is 34.2 Å². The Balaban J connectivity index is 1.28. The van der Waals surface area contributed by atoms with Crippen LogP contribution in [0.25, 0.3) is 0 Å². The fourth-order valence-corrected chi connectivity index (χ4v) is 5.23. The Morgan fingerprint density at radius 2 is 1.83 bits per heavy atom. The Morgan fingerprint density at radius 1 is 1.03 bits per heavy atom. The van der Waals surface area contributed by atoms with Gasteiger partial charge in [-0.25, -0.2) is 0 Å². The van der Waals surface area contributed by atoms with Gasteiger partial charge >= 0.3 is 0 Å². The number of aliphatic hydroxyl groups excluding tert-OH is 1. The minimum atomic E-state index is -0.00133. The van der Waals surface area contributed by atoms with Gasteiger partial charge in [-0.2, -0.15) is 5.10 Å². The maximum absolute atomic E-state index is 13.6. The molecule has 190 valence electrons. The van der Waals surface area contributed by atoms with Gasteiger partial charge in [-0.3, -0.25) is 14.4 Å². The van der Waals surface area contributed by atoms with Gasteiger partial charge in [0, 0.05) is 75.7 Å². The first-order valence-corrected chi connectivity index (χ1v) is 12.9. The second-order valence-electron chi connectivity index (χ2n) is 9.38. The minimum Gasteiger partial charge on any atom is -0.491 e. The van der Waals surface area contributed by atoms with E-state index in [9.17, 15) is 4.79 Å². The minimum absolute atomic E-state index is 0.00133. The molecule has 2 aromatic carbocycles. The molecule has 1 amide bonds. The number of aromatic nitrogens is 2. The number of anilines is 1. The predicted molar refractivity (Wildman–Crippen MR) is 139 cm³/mol. The summed E-state index contributed by atoms with van der Waals surface area (Å²) in [6, 6.07) is 18.4. The van der Waals surface area contributed by atoms with Crippen LogP contribution in [0.15, 0.2) is 54.6 Å². The van der Waals surface area contributed by atoms with Crippen LogP contribution < -0.4 is 9.64 Å². The van der Waals surface area contributed by atoms with Gasteiger partial charge in [0.25, 0.3) is 5.91 Å². The molecule has 3 aromatic rings. The number of para-hydroxylation sites is 1. The third-order valence-corrected chi connectivity index (χ3v) is 7.07. The van der Waals surface area contributed by atoms with Crippen LogP contribution in [-0.2, 0) is 26.1 Å². The molecule has 0 unspecified atom stereocenters. The quantitative estimate of drug-likeness (QED) is 0.525. The first-order valence-electron chi connectivity index (χ1n) is 12.9. The largest absolute Gasteiger partial charge is 0.491 e. The normalized spacial score (nSPS) is 16.2. The molecule has 0 bridgehead atoms. The maximum atomic E-state index is 13.6. The van der Waals surface area contributed by atoms with Crippen molar-refractivity contribution in [1.82, 2.24) is 19.6 Å². The van der Waals surface area contributed by atoms with Crippen molar-refractivity contribution in [2.24, 2.45) is 0 Å². The van der Waals surface area contributed by atoms with E-state index >= 15 is 0 Å². The molecule has 8 nitrogen and oxygen atoms in total. The molecule has 0 saturated carbocycles. The lowest BCUT2D eigenvalue weighted by atomic mass is 10.0. The molecule has 0 aliphatic carbocycles. The van der Waals surface area contributed by atoms with Crippen molar-refractivity contribution in [2.75, 3.05) is 50.8 Å². The van der Waals surface area contributed by atoms with Crippen molar-refractivity contribution in [3.05, 3.63) is 77.1 Å². The first kappa shape index (κ1) is 24.3. The molecule has 2 aliphatic heterocycles. The topological polar surface area (TPSA) is 74.1 Å². The van der Waals surface area contributed by atoms with Crippen LogP contribution >= 0.6 is 0 Å². The highest BCUT2D eigenvalue weighted by Gasteiger charge is 2.31. The lowest BCUT2D eigenvalue weighted by molar-refractivity contribution is 0.0737. The molecule has 1 N–H and O–H groups in total. The van der Waals surface area contributed by atoms with Gasteiger partial charge < -0.3 is 19.6 Å². The number of carbonyl (C=O) groups excluding carboxylic acids is 1. The summed E-state index contributed by atoms with van der Waals surface area (Å²) in [6.07, 6.45) is 0.881. The molecule has 5 rings (SSSR count). The van der Waals surface area contributed by atoms with Crippen molar-refractivity contribution in [1.29, 1.82) is 0 Å². The van der Waals surface area contributed by atoms with Crippen LogP contribution in [0.4, 0.5) is 5.69 Å². The van der Waals surface area contributed by atoms with Crippen LogP contribution in [0.3, 0.4) is 0 Å². The van der Waals surface area contributed by atoms with Gasteiger partial charge in [0.15, 0.2) is 5.69 Å². The Kier molecular flexibility index (Phi) is 7.53. The van der Waals surface area contributed by atoms with Gasteiger partial charge in [-0.15, -0.1) is 0 Å². The number of aryl methyl sites for hydroxylation is 1. The summed E-state index contributed by atoms with van der Waals surface area (Å²) in [4.78, 5) is 20.3. The Labute approximate surface area is 212 Å². The molecule has 8 heteroatoms. The summed E-state index contributed by atoms with van der Waals surface area (Å²) in [5, 5.41) is 13.8. The number of benzene rings is 2. The number of fused-ring (bicyclic) bond motifs is 1. The summed E-state index contributed by atoms with van der Waals surface area (Å²) < 4.78 is 7.59. The van der Waals surface area contributed by atoms with Crippen molar-refractivity contribution in [3.8, 4) is 5.75 Å². The zero-order chi connectivity index (χ0) is 24.9. The fraction of sp³-hybridized carbons (Fsp3) is 0.429. The van der Waals surface area contributed by atoms with Crippen molar-refractivity contribution in [3.63, 3.8) is 0 Å². The number of hydrogen-bond acceptors (Lipinski definition) is 6. The zero-order valence-electron chi connectivity index (χ0n) is 21.0. The van der Waals surface area contributed by atoms with E-state index in [4.69, 9.17) is 14.9 Å². The predicted octanol–water partition coefficient (Wildman–Crippen LogP) is 2.79. The van der Waals surface area contributed by atoms with Crippen LogP contribution in [-0.4, -0.2) is 76.5 Å². The second-order valence-corrected chi connectivity index (χ2v) is 9.38. The standard InChI is InChI=1S/C28H35N5O3/c1-2-33-26-11-12-30(20-22-7-6-10-24(19-22)36-18-17-34)21-25(26)27(29-33)28(35)32-15-13-31(14-16-32)23-8-4-3-5-9-23/h3-10,19,34H,2,11-18,20-21H2,1H3. The highest BCUT2D eigenvalue weighted by Crippen LogP contribution is 2.26. The molecule has 1 saturated heterocycles. The number of aliphatic hydroxyl groups is 1. The highest BCUT2D eigenvalue weighted by atomic mass is 16.5. The van der Waals surface area contributed by atoms with Crippen molar-refractivity contribution in [2.45, 2.75) is 33.0 Å². The molecule has 0 spiro atoms. The van der Waals surface area contributed by atoms with Gasteiger partial charge in [0.05, 0.1) is 6.61 Å². The van der Waals surface area contributed by atoms with E-state index in [2.05, 4.69) is 47.1 Å². The smallest absolute Gasteiger partial charge is 0.274 e. The van der Waals surface area contributed by atoms with E-state index in [0.29, 0.717) is 25.3 Å². The summed E-state index contributed by atoms with van der Waals surface area (Å²) in [7, 11) is 0. The number of ether oxygens (including phenoxy) is 1.